The van der Waals surface area contributed by atoms with E-state index in [-0.39, 0.29) is 29.6 Å². The molecule has 2 aromatic rings. The summed E-state index contributed by atoms with van der Waals surface area (Å²) in [7, 11) is 0. The molecule has 1 heterocycles. The van der Waals surface area contributed by atoms with E-state index in [1.807, 2.05) is 17.0 Å². The van der Waals surface area contributed by atoms with Crippen LogP contribution in [0.25, 0.3) is 0 Å². The molecule has 1 N–H and O–H groups in total. The van der Waals surface area contributed by atoms with Crippen LogP contribution < -0.4 is 4.90 Å². The van der Waals surface area contributed by atoms with Crippen LogP contribution in [-0.2, 0) is 4.79 Å². The van der Waals surface area contributed by atoms with Gasteiger partial charge in [0.2, 0.25) is 0 Å². The number of benzene rings is 2. The fourth-order valence-electron chi connectivity index (χ4n) is 3.33. The van der Waals surface area contributed by atoms with Crippen LogP contribution in [0.4, 0.5) is 10.1 Å². The highest BCUT2D eigenvalue weighted by Crippen LogP contribution is 2.48. The van der Waals surface area contributed by atoms with Gasteiger partial charge in [-0.3, -0.25) is 0 Å². The maximum Gasteiger partial charge on any atom is 0.142 e. The minimum Gasteiger partial charge on any atom is -0.508 e. The topological polar surface area (TPSA) is 40.5 Å². The van der Waals surface area contributed by atoms with Crippen molar-refractivity contribution < 1.29 is 14.3 Å². The SMILES string of the molecule is O=CC1C(CCCl)C(c2ccc(O)cc2)N1c1ccc(F)cc1. The average molecular weight is 334 g/mol. The zero-order chi connectivity index (χ0) is 16.4. The number of anilines is 1. The van der Waals surface area contributed by atoms with Gasteiger partial charge in [0.1, 0.15) is 17.9 Å². The van der Waals surface area contributed by atoms with Crippen LogP contribution in [0.1, 0.15) is 18.0 Å². The Hall–Kier alpha value is -2.07. The normalized spacial score (nSPS) is 23.4. The number of carbonyl (C=O) groups excluding carboxylic acids is 1. The number of carbonyl (C=O) groups is 1. The smallest absolute Gasteiger partial charge is 0.142 e. The van der Waals surface area contributed by atoms with Gasteiger partial charge in [-0.2, -0.15) is 0 Å². The van der Waals surface area contributed by atoms with Gasteiger partial charge in [0.25, 0.3) is 0 Å². The second-order valence-corrected chi connectivity index (χ2v) is 6.07. The molecule has 0 radical (unpaired) electrons. The predicted octanol–water partition coefficient (Wildman–Crippen LogP) is 3.91. The summed E-state index contributed by atoms with van der Waals surface area (Å²) in [5, 5.41) is 9.48. The van der Waals surface area contributed by atoms with Crippen molar-refractivity contribution in [1.29, 1.82) is 0 Å². The highest BCUT2D eigenvalue weighted by atomic mass is 35.5. The molecule has 0 bridgehead atoms. The van der Waals surface area contributed by atoms with Crippen molar-refractivity contribution in [3.8, 4) is 5.75 Å². The first-order valence-corrected chi connectivity index (χ1v) is 8.03. The zero-order valence-electron chi connectivity index (χ0n) is 12.4. The number of phenolic OH excluding ortho intramolecular Hbond substituents is 1. The van der Waals surface area contributed by atoms with E-state index in [0.717, 1.165) is 17.5 Å². The maximum atomic E-state index is 13.2. The predicted molar refractivity (Wildman–Crippen MR) is 88.4 cm³/mol. The van der Waals surface area contributed by atoms with Crippen molar-refractivity contribution in [2.75, 3.05) is 10.8 Å². The van der Waals surface area contributed by atoms with Crippen LogP contribution in [0.3, 0.4) is 0 Å². The van der Waals surface area contributed by atoms with Gasteiger partial charge in [0, 0.05) is 17.5 Å². The number of hydrogen-bond donors (Lipinski definition) is 1. The molecule has 3 atom stereocenters. The van der Waals surface area contributed by atoms with Gasteiger partial charge < -0.3 is 14.8 Å². The Morgan fingerprint density at radius 2 is 1.78 bits per heavy atom. The van der Waals surface area contributed by atoms with Crippen molar-refractivity contribution in [2.45, 2.75) is 18.5 Å². The first-order chi connectivity index (χ1) is 11.2. The highest BCUT2D eigenvalue weighted by Gasteiger charge is 2.48. The fourth-order valence-corrected chi connectivity index (χ4v) is 3.58. The van der Waals surface area contributed by atoms with Gasteiger partial charge in [-0.15, -0.1) is 11.6 Å². The van der Waals surface area contributed by atoms with E-state index in [4.69, 9.17) is 11.6 Å². The minimum atomic E-state index is -0.310. The summed E-state index contributed by atoms with van der Waals surface area (Å²) in [6.45, 7) is 0. The number of nitrogens with zero attached hydrogens (tertiary/aromatic N) is 1. The van der Waals surface area contributed by atoms with E-state index in [0.29, 0.717) is 12.3 Å². The third kappa shape index (κ3) is 2.91. The quantitative estimate of drug-likeness (QED) is 0.666. The van der Waals surface area contributed by atoms with Crippen LogP contribution >= 0.6 is 11.6 Å². The Kier molecular flexibility index (Phi) is 4.53. The van der Waals surface area contributed by atoms with Crippen LogP contribution in [0.2, 0.25) is 0 Å². The lowest BCUT2D eigenvalue weighted by Crippen LogP contribution is -2.59. The number of alkyl halides is 1. The molecule has 1 fully saturated rings. The molecule has 1 aliphatic rings. The molecule has 0 aromatic heterocycles. The van der Waals surface area contributed by atoms with Gasteiger partial charge >= 0.3 is 0 Å². The van der Waals surface area contributed by atoms with Crippen molar-refractivity contribution >= 4 is 23.6 Å². The van der Waals surface area contributed by atoms with Gasteiger partial charge in [-0.05, 0) is 48.4 Å². The zero-order valence-corrected chi connectivity index (χ0v) is 13.2. The number of halogens is 2. The summed E-state index contributed by atoms with van der Waals surface area (Å²) < 4.78 is 13.2. The van der Waals surface area contributed by atoms with E-state index in [2.05, 4.69) is 0 Å². The largest absolute Gasteiger partial charge is 0.508 e. The molecule has 2 aromatic carbocycles. The molecule has 0 saturated carbocycles. The van der Waals surface area contributed by atoms with E-state index in [1.165, 1.54) is 12.1 Å². The van der Waals surface area contributed by atoms with Crippen molar-refractivity contribution in [1.82, 2.24) is 0 Å². The second kappa shape index (κ2) is 6.59. The Morgan fingerprint density at radius 1 is 1.13 bits per heavy atom. The first kappa shape index (κ1) is 15.8. The Labute approximate surface area is 139 Å². The molecule has 0 aliphatic carbocycles. The van der Waals surface area contributed by atoms with E-state index in [1.54, 1.807) is 24.3 Å². The third-order valence-electron chi connectivity index (χ3n) is 4.41. The van der Waals surface area contributed by atoms with E-state index < -0.39 is 0 Å². The maximum absolute atomic E-state index is 13.2. The first-order valence-electron chi connectivity index (χ1n) is 7.50. The molecule has 1 saturated heterocycles. The monoisotopic (exact) mass is 333 g/mol. The standard InChI is InChI=1S/C18H17ClFNO2/c19-10-9-16-17(11-22)21(14-5-3-13(20)4-6-14)18(16)12-1-7-15(23)8-2-12/h1-8,11,16-18,23H,9-10H2. The van der Waals surface area contributed by atoms with Crippen molar-refractivity contribution in [3.05, 3.63) is 59.9 Å². The molecule has 0 spiro atoms. The summed E-state index contributed by atoms with van der Waals surface area (Å²) in [4.78, 5) is 13.5. The second-order valence-electron chi connectivity index (χ2n) is 5.69. The van der Waals surface area contributed by atoms with E-state index >= 15 is 0 Å². The Bertz CT molecular complexity index is 674. The molecule has 0 amide bonds. The number of aromatic hydroxyl groups is 1. The average Bonchev–Trinajstić information content (AvgIpc) is 2.55. The van der Waals surface area contributed by atoms with Gasteiger partial charge in [0.05, 0.1) is 12.1 Å². The van der Waals surface area contributed by atoms with Crippen LogP contribution in [0, 0.1) is 11.7 Å². The molecular weight excluding hydrogens is 317 g/mol. The fraction of sp³-hybridized carbons (Fsp3) is 0.278. The summed E-state index contributed by atoms with van der Waals surface area (Å²) >= 11 is 5.90. The summed E-state index contributed by atoms with van der Waals surface area (Å²) in [5.41, 5.74) is 1.80. The van der Waals surface area contributed by atoms with Crippen LogP contribution in [-0.4, -0.2) is 23.3 Å². The summed E-state index contributed by atoms with van der Waals surface area (Å²) in [6, 6.07) is 12.8. The van der Waals surface area contributed by atoms with Crippen molar-refractivity contribution in [3.63, 3.8) is 0 Å². The number of hydrogen-bond acceptors (Lipinski definition) is 3. The lowest BCUT2D eigenvalue weighted by molar-refractivity contribution is -0.112. The van der Waals surface area contributed by atoms with Crippen molar-refractivity contribution in [2.24, 2.45) is 5.92 Å². The summed E-state index contributed by atoms with van der Waals surface area (Å²) in [6.07, 6.45) is 1.64. The molecule has 3 nitrogen and oxygen atoms in total. The number of rotatable bonds is 5. The molecule has 3 unspecified atom stereocenters. The minimum absolute atomic E-state index is 0.0185. The number of phenols is 1. The molecule has 3 rings (SSSR count). The third-order valence-corrected chi connectivity index (χ3v) is 4.62. The van der Waals surface area contributed by atoms with Crippen LogP contribution in [0.5, 0.6) is 5.75 Å². The Balaban J connectivity index is 1.98. The summed E-state index contributed by atoms with van der Waals surface area (Å²) in [5.74, 6) is 0.457. The Morgan fingerprint density at radius 3 is 2.35 bits per heavy atom. The molecular formula is C18H17ClFNO2. The van der Waals surface area contributed by atoms with E-state index in [9.17, 15) is 14.3 Å². The highest BCUT2D eigenvalue weighted by molar-refractivity contribution is 6.17. The molecule has 23 heavy (non-hydrogen) atoms. The van der Waals surface area contributed by atoms with Crippen LogP contribution in [0.15, 0.2) is 48.5 Å². The van der Waals surface area contributed by atoms with Gasteiger partial charge in [-0.25, -0.2) is 4.39 Å². The number of aldehydes is 1. The molecule has 5 heteroatoms. The van der Waals surface area contributed by atoms with Gasteiger partial charge in [-0.1, -0.05) is 12.1 Å². The molecule has 1 aliphatic heterocycles. The lowest BCUT2D eigenvalue weighted by Gasteiger charge is -2.54. The molecule has 120 valence electrons. The van der Waals surface area contributed by atoms with Gasteiger partial charge in [0.15, 0.2) is 0 Å². The lowest BCUT2D eigenvalue weighted by atomic mass is 9.74.